The van der Waals surface area contributed by atoms with E-state index in [1.165, 1.54) is 6.07 Å². The maximum atomic E-state index is 12.3. The SMILES string of the molecule is CCn1ccnc1C1CCN(C(=O)CNS(=O)(=O)c2cccs2)CC1. The molecule has 0 bridgehead atoms. The summed E-state index contributed by atoms with van der Waals surface area (Å²) < 4.78 is 28.9. The molecule has 3 rings (SSSR count). The Morgan fingerprint density at radius 1 is 1.40 bits per heavy atom. The fourth-order valence-corrected chi connectivity index (χ4v) is 5.10. The van der Waals surface area contributed by atoms with Crippen molar-refractivity contribution in [3.8, 4) is 0 Å². The van der Waals surface area contributed by atoms with Gasteiger partial charge in [0, 0.05) is 37.9 Å². The van der Waals surface area contributed by atoms with Crippen LogP contribution in [0.15, 0.2) is 34.1 Å². The number of piperidine rings is 1. The third-order valence-corrected chi connectivity index (χ3v) is 7.27. The van der Waals surface area contributed by atoms with Crippen LogP contribution in [0.2, 0.25) is 0 Å². The maximum Gasteiger partial charge on any atom is 0.250 e. The molecule has 1 aliphatic heterocycles. The van der Waals surface area contributed by atoms with Gasteiger partial charge >= 0.3 is 0 Å². The Kier molecular flexibility index (Phi) is 5.55. The number of carbonyl (C=O) groups excluding carboxylic acids is 1. The lowest BCUT2D eigenvalue weighted by molar-refractivity contribution is -0.131. The van der Waals surface area contributed by atoms with Gasteiger partial charge in [0.1, 0.15) is 10.0 Å². The highest BCUT2D eigenvalue weighted by atomic mass is 32.2. The van der Waals surface area contributed by atoms with E-state index >= 15 is 0 Å². The lowest BCUT2D eigenvalue weighted by Gasteiger charge is -2.32. The first-order chi connectivity index (χ1) is 12.0. The van der Waals surface area contributed by atoms with Crippen LogP contribution < -0.4 is 4.72 Å². The second-order valence-electron chi connectivity index (χ2n) is 5.98. The largest absolute Gasteiger partial charge is 0.342 e. The highest BCUT2D eigenvalue weighted by Gasteiger charge is 2.27. The first-order valence-electron chi connectivity index (χ1n) is 8.33. The summed E-state index contributed by atoms with van der Waals surface area (Å²) in [5.41, 5.74) is 0. The van der Waals surface area contributed by atoms with Gasteiger partial charge in [-0.25, -0.2) is 18.1 Å². The highest BCUT2D eigenvalue weighted by molar-refractivity contribution is 7.91. The Bertz CT molecular complexity index is 806. The number of hydrogen-bond acceptors (Lipinski definition) is 5. The number of aryl methyl sites for hydroxylation is 1. The normalized spacial score (nSPS) is 16.3. The third-order valence-electron chi connectivity index (χ3n) is 4.47. The molecule has 0 aromatic carbocycles. The quantitative estimate of drug-likeness (QED) is 0.823. The second kappa shape index (κ2) is 7.67. The van der Waals surface area contributed by atoms with Crippen molar-refractivity contribution in [3.05, 3.63) is 35.7 Å². The van der Waals surface area contributed by atoms with Gasteiger partial charge in [0.15, 0.2) is 0 Å². The maximum absolute atomic E-state index is 12.3. The molecule has 2 aromatic heterocycles. The summed E-state index contributed by atoms with van der Waals surface area (Å²) in [6, 6.07) is 3.20. The number of nitrogens with zero attached hydrogens (tertiary/aromatic N) is 3. The highest BCUT2D eigenvalue weighted by Crippen LogP contribution is 2.27. The number of hydrogen-bond donors (Lipinski definition) is 1. The van der Waals surface area contributed by atoms with E-state index in [1.54, 1.807) is 16.3 Å². The van der Waals surface area contributed by atoms with Gasteiger partial charge < -0.3 is 9.47 Å². The van der Waals surface area contributed by atoms with E-state index in [9.17, 15) is 13.2 Å². The molecule has 1 amide bonds. The van der Waals surface area contributed by atoms with Crippen molar-refractivity contribution in [1.29, 1.82) is 0 Å². The Morgan fingerprint density at radius 3 is 2.80 bits per heavy atom. The predicted molar refractivity (Wildman–Crippen MR) is 96.0 cm³/mol. The summed E-state index contributed by atoms with van der Waals surface area (Å²) in [6.45, 7) is 4.03. The van der Waals surface area contributed by atoms with Gasteiger partial charge in [-0.1, -0.05) is 6.07 Å². The van der Waals surface area contributed by atoms with Crippen molar-refractivity contribution in [2.45, 2.75) is 36.4 Å². The Hall–Kier alpha value is -1.71. The fraction of sp³-hybridized carbons (Fsp3) is 0.500. The Morgan fingerprint density at radius 2 is 2.16 bits per heavy atom. The number of nitrogens with one attached hydrogen (secondary N) is 1. The molecule has 136 valence electrons. The summed E-state index contributed by atoms with van der Waals surface area (Å²) in [4.78, 5) is 18.5. The summed E-state index contributed by atoms with van der Waals surface area (Å²) in [5.74, 6) is 1.24. The summed E-state index contributed by atoms with van der Waals surface area (Å²) in [7, 11) is -3.60. The fourth-order valence-electron chi connectivity index (χ4n) is 3.09. The van der Waals surface area contributed by atoms with Crippen LogP contribution in [-0.4, -0.2) is 48.4 Å². The van der Waals surface area contributed by atoms with Gasteiger partial charge in [0.05, 0.1) is 6.54 Å². The molecule has 25 heavy (non-hydrogen) atoms. The minimum Gasteiger partial charge on any atom is -0.342 e. The number of sulfonamides is 1. The zero-order valence-corrected chi connectivity index (χ0v) is 15.7. The number of aromatic nitrogens is 2. The molecule has 0 radical (unpaired) electrons. The summed E-state index contributed by atoms with van der Waals surface area (Å²) >= 11 is 1.13. The molecule has 1 N–H and O–H groups in total. The zero-order valence-electron chi connectivity index (χ0n) is 14.1. The van der Waals surface area contributed by atoms with Crippen LogP contribution in [0, 0.1) is 0 Å². The van der Waals surface area contributed by atoms with Crippen LogP contribution in [0.3, 0.4) is 0 Å². The van der Waals surface area contributed by atoms with Crippen molar-refractivity contribution < 1.29 is 13.2 Å². The Labute approximate surface area is 151 Å². The van der Waals surface area contributed by atoms with Crippen molar-refractivity contribution in [2.24, 2.45) is 0 Å². The van der Waals surface area contributed by atoms with Gasteiger partial charge in [-0.2, -0.15) is 0 Å². The number of imidazole rings is 1. The first-order valence-corrected chi connectivity index (χ1v) is 10.7. The van der Waals surface area contributed by atoms with Gasteiger partial charge in [-0.05, 0) is 31.2 Å². The van der Waals surface area contributed by atoms with Crippen LogP contribution in [0.1, 0.15) is 31.5 Å². The molecular weight excluding hydrogens is 360 g/mol. The van der Waals surface area contributed by atoms with E-state index in [0.717, 1.165) is 36.5 Å². The molecule has 0 unspecified atom stereocenters. The van der Waals surface area contributed by atoms with E-state index in [-0.39, 0.29) is 16.7 Å². The van der Waals surface area contributed by atoms with E-state index in [2.05, 4.69) is 21.2 Å². The first kappa shape index (κ1) is 18.1. The summed E-state index contributed by atoms with van der Waals surface area (Å²) in [5, 5.41) is 1.70. The number of carbonyl (C=O) groups is 1. The smallest absolute Gasteiger partial charge is 0.250 e. The standard InChI is InChI=1S/C16H22N4O3S2/c1-2-19-10-7-17-16(19)13-5-8-20(9-6-13)14(21)12-18-25(22,23)15-4-3-11-24-15/h3-4,7,10-11,13,18H,2,5-6,8-9,12H2,1H3. The molecular formula is C16H22N4O3S2. The van der Waals surface area contributed by atoms with Crippen LogP contribution in [-0.2, 0) is 21.4 Å². The zero-order chi connectivity index (χ0) is 17.9. The van der Waals surface area contributed by atoms with E-state index in [4.69, 9.17) is 0 Å². The van der Waals surface area contributed by atoms with Gasteiger partial charge in [-0.3, -0.25) is 4.79 Å². The molecule has 0 saturated carbocycles. The monoisotopic (exact) mass is 382 g/mol. The molecule has 1 saturated heterocycles. The molecule has 1 fully saturated rings. The lowest BCUT2D eigenvalue weighted by atomic mass is 9.96. The summed E-state index contributed by atoms with van der Waals surface area (Å²) in [6.07, 6.45) is 5.49. The van der Waals surface area contributed by atoms with Crippen LogP contribution in [0.4, 0.5) is 0 Å². The van der Waals surface area contributed by atoms with Crippen LogP contribution in [0.5, 0.6) is 0 Å². The predicted octanol–water partition coefficient (Wildman–Crippen LogP) is 1.65. The lowest BCUT2D eigenvalue weighted by Crippen LogP contribution is -2.43. The van der Waals surface area contributed by atoms with E-state index in [0.29, 0.717) is 19.0 Å². The molecule has 3 heterocycles. The third kappa shape index (κ3) is 4.10. The van der Waals surface area contributed by atoms with Gasteiger partial charge in [-0.15, -0.1) is 11.3 Å². The van der Waals surface area contributed by atoms with Crippen LogP contribution >= 0.6 is 11.3 Å². The molecule has 0 spiro atoms. The molecule has 7 nitrogen and oxygen atoms in total. The van der Waals surface area contributed by atoms with Crippen molar-refractivity contribution in [1.82, 2.24) is 19.2 Å². The average molecular weight is 383 g/mol. The molecule has 2 aromatic rings. The van der Waals surface area contributed by atoms with Crippen molar-refractivity contribution >= 4 is 27.3 Å². The van der Waals surface area contributed by atoms with Gasteiger partial charge in [0.25, 0.3) is 10.0 Å². The molecule has 0 aliphatic carbocycles. The topological polar surface area (TPSA) is 84.3 Å². The Balaban J connectivity index is 1.52. The number of amides is 1. The average Bonchev–Trinajstić information content (AvgIpc) is 3.31. The number of rotatable bonds is 6. The molecule has 0 atom stereocenters. The molecule has 9 heteroatoms. The minimum absolute atomic E-state index is 0.183. The molecule has 1 aliphatic rings. The number of thiophene rings is 1. The van der Waals surface area contributed by atoms with Gasteiger partial charge in [0.2, 0.25) is 5.91 Å². The van der Waals surface area contributed by atoms with Crippen LogP contribution in [0.25, 0.3) is 0 Å². The second-order valence-corrected chi connectivity index (χ2v) is 8.92. The number of likely N-dealkylation sites (tertiary alicyclic amines) is 1. The van der Waals surface area contributed by atoms with E-state index in [1.807, 2.05) is 12.4 Å². The minimum atomic E-state index is -3.60. The van der Waals surface area contributed by atoms with E-state index < -0.39 is 10.0 Å². The van der Waals surface area contributed by atoms with Crippen molar-refractivity contribution in [3.63, 3.8) is 0 Å². The van der Waals surface area contributed by atoms with Crippen molar-refractivity contribution in [2.75, 3.05) is 19.6 Å².